The van der Waals surface area contributed by atoms with Crippen LogP contribution in [0.2, 0.25) is 0 Å². The minimum absolute atomic E-state index is 0.0939. The second kappa shape index (κ2) is 5.67. The molecule has 0 saturated carbocycles. The van der Waals surface area contributed by atoms with Crippen molar-refractivity contribution in [3.8, 4) is 0 Å². The minimum atomic E-state index is -0.0939. The Morgan fingerprint density at radius 3 is 2.32 bits per heavy atom. The van der Waals surface area contributed by atoms with E-state index in [0.717, 1.165) is 16.8 Å². The van der Waals surface area contributed by atoms with Crippen molar-refractivity contribution in [3.05, 3.63) is 64.7 Å². The van der Waals surface area contributed by atoms with Gasteiger partial charge in [-0.05, 0) is 54.8 Å². The van der Waals surface area contributed by atoms with Crippen LogP contribution >= 0.6 is 0 Å². The summed E-state index contributed by atoms with van der Waals surface area (Å²) in [5.74, 6) is -0.0939. The highest BCUT2D eigenvalue weighted by Gasteiger charge is 2.06. The van der Waals surface area contributed by atoms with Gasteiger partial charge in [-0.15, -0.1) is 0 Å². The van der Waals surface area contributed by atoms with Gasteiger partial charge in [0.05, 0.1) is 0 Å². The second-order valence-electron chi connectivity index (χ2n) is 4.65. The van der Waals surface area contributed by atoms with Gasteiger partial charge in [0.25, 0.3) is 5.91 Å². The van der Waals surface area contributed by atoms with E-state index >= 15 is 0 Å². The summed E-state index contributed by atoms with van der Waals surface area (Å²) in [4.78, 5) is 12.1. The fraction of sp³-hybridized carbons (Fsp3) is 0.188. The summed E-state index contributed by atoms with van der Waals surface area (Å²) in [5, 5.41) is 2.88. The molecule has 98 valence electrons. The maximum Gasteiger partial charge on any atom is 0.255 e. The van der Waals surface area contributed by atoms with Crippen LogP contribution in [0.4, 0.5) is 5.69 Å². The Labute approximate surface area is 113 Å². The van der Waals surface area contributed by atoms with Crippen LogP contribution in [0.3, 0.4) is 0 Å². The third kappa shape index (κ3) is 3.20. The van der Waals surface area contributed by atoms with Crippen LogP contribution in [0.25, 0.3) is 0 Å². The molecule has 3 nitrogen and oxygen atoms in total. The number of anilines is 1. The third-order valence-corrected chi connectivity index (χ3v) is 3.22. The Kier molecular flexibility index (Phi) is 3.97. The number of rotatable bonds is 3. The summed E-state index contributed by atoms with van der Waals surface area (Å²) >= 11 is 0. The minimum Gasteiger partial charge on any atom is -0.326 e. The lowest BCUT2D eigenvalue weighted by atomic mass is 10.1. The number of nitrogens with one attached hydrogen (secondary N) is 1. The van der Waals surface area contributed by atoms with E-state index in [0.29, 0.717) is 12.1 Å². The Hall–Kier alpha value is -2.13. The van der Waals surface area contributed by atoms with E-state index in [1.807, 2.05) is 56.3 Å². The lowest BCUT2D eigenvalue weighted by Gasteiger charge is -2.07. The molecule has 2 aromatic carbocycles. The predicted octanol–water partition coefficient (Wildman–Crippen LogP) is 3.01. The molecule has 0 atom stereocenters. The van der Waals surface area contributed by atoms with Crippen molar-refractivity contribution in [1.82, 2.24) is 0 Å². The van der Waals surface area contributed by atoms with Crippen LogP contribution in [0.1, 0.15) is 27.0 Å². The number of amides is 1. The summed E-state index contributed by atoms with van der Waals surface area (Å²) in [6.45, 7) is 4.54. The molecule has 0 fully saturated rings. The molecule has 0 heterocycles. The Morgan fingerprint density at radius 1 is 1.05 bits per heavy atom. The fourth-order valence-electron chi connectivity index (χ4n) is 1.81. The van der Waals surface area contributed by atoms with Crippen molar-refractivity contribution in [2.24, 2.45) is 5.73 Å². The Balaban J connectivity index is 2.13. The Bertz CT molecular complexity index is 588. The molecule has 3 heteroatoms. The molecule has 0 spiro atoms. The standard InChI is InChI=1S/C16H18N2O/c1-11-3-6-14(9-12(11)2)16(19)18-15-7-4-13(10-17)5-8-15/h3-9H,10,17H2,1-2H3,(H,18,19). The van der Waals surface area contributed by atoms with Gasteiger partial charge in [-0.25, -0.2) is 0 Å². The zero-order valence-corrected chi connectivity index (χ0v) is 11.2. The smallest absolute Gasteiger partial charge is 0.255 e. The van der Waals surface area contributed by atoms with Gasteiger partial charge in [0.15, 0.2) is 0 Å². The lowest BCUT2D eigenvalue weighted by molar-refractivity contribution is 0.102. The molecular weight excluding hydrogens is 236 g/mol. The highest BCUT2D eigenvalue weighted by Crippen LogP contribution is 2.13. The fourth-order valence-corrected chi connectivity index (χ4v) is 1.81. The summed E-state index contributed by atoms with van der Waals surface area (Å²) in [5.41, 5.74) is 10.3. The van der Waals surface area contributed by atoms with Gasteiger partial charge in [-0.2, -0.15) is 0 Å². The number of aryl methyl sites for hydroxylation is 2. The van der Waals surface area contributed by atoms with Crippen molar-refractivity contribution in [2.75, 3.05) is 5.32 Å². The first-order chi connectivity index (χ1) is 9.10. The lowest BCUT2D eigenvalue weighted by Crippen LogP contribution is -2.12. The molecule has 1 amide bonds. The number of benzene rings is 2. The third-order valence-electron chi connectivity index (χ3n) is 3.22. The molecule has 0 saturated heterocycles. The van der Waals surface area contributed by atoms with Gasteiger partial charge in [0.1, 0.15) is 0 Å². The number of nitrogens with two attached hydrogens (primary N) is 1. The summed E-state index contributed by atoms with van der Waals surface area (Å²) in [7, 11) is 0. The van der Waals surface area contributed by atoms with Crippen LogP contribution in [0.5, 0.6) is 0 Å². The van der Waals surface area contributed by atoms with E-state index < -0.39 is 0 Å². The highest BCUT2D eigenvalue weighted by molar-refractivity contribution is 6.04. The molecule has 0 aliphatic rings. The summed E-state index contributed by atoms with van der Waals surface area (Å²) < 4.78 is 0. The van der Waals surface area contributed by atoms with Crippen LogP contribution in [0.15, 0.2) is 42.5 Å². The maximum absolute atomic E-state index is 12.1. The average Bonchev–Trinajstić information content (AvgIpc) is 2.42. The molecule has 2 aromatic rings. The van der Waals surface area contributed by atoms with E-state index in [1.165, 1.54) is 5.56 Å². The van der Waals surface area contributed by atoms with Gasteiger partial charge < -0.3 is 11.1 Å². The van der Waals surface area contributed by atoms with E-state index in [4.69, 9.17) is 5.73 Å². The molecule has 0 radical (unpaired) electrons. The molecule has 0 bridgehead atoms. The maximum atomic E-state index is 12.1. The zero-order valence-electron chi connectivity index (χ0n) is 11.2. The monoisotopic (exact) mass is 254 g/mol. The normalized spacial score (nSPS) is 10.3. The largest absolute Gasteiger partial charge is 0.326 e. The van der Waals surface area contributed by atoms with E-state index in [1.54, 1.807) is 0 Å². The predicted molar refractivity (Wildman–Crippen MR) is 78.2 cm³/mol. The average molecular weight is 254 g/mol. The molecule has 0 aliphatic heterocycles. The van der Waals surface area contributed by atoms with E-state index in [9.17, 15) is 4.79 Å². The first-order valence-corrected chi connectivity index (χ1v) is 6.28. The van der Waals surface area contributed by atoms with Crippen molar-refractivity contribution in [2.45, 2.75) is 20.4 Å². The molecule has 0 aliphatic carbocycles. The second-order valence-corrected chi connectivity index (χ2v) is 4.65. The molecule has 3 N–H and O–H groups in total. The zero-order chi connectivity index (χ0) is 13.8. The van der Waals surface area contributed by atoms with Gasteiger partial charge in [-0.1, -0.05) is 18.2 Å². The number of hydrogen-bond donors (Lipinski definition) is 2. The number of carbonyl (C=O) groups is 1. The first-order valence-electron chi connectivity index (χ1n) is 6.28. The van der Waals surface area contributed by atoms with Crippen molar-refractivity contribution in [3.63, 3.8) is 0 Å². The van der Waals surface area contributed by atoms with Gasteiger partial charge in [0, 0.05) is 17.8 Å². The van der Waals surface area contributed by atoms with Crippen molar-refractivity contribution >= 4 is 11.6 Å². The Morgan fingerprint density at radius 2 is 1.74 bits per heavy atom. The molecule has 0 unspecified atom stereocenters. The molecule has 19 heavy (non-hydrogen) atoms. The SMILES string of the molecule is Cc1ccc(C(=O)Nc2ccc(CN)cc2)cc1C. The van der Waals surface area contributed by atoms with Gasteiger partial charge in [0.2, 0.25) is 0 Å². The number of hydrogen-bond acceptors (Lipinski definition) is 2. The molecule has 2 rings (SSSR count). The van der Waals surface area contributed by atoms with E-state index in [-0.39, 0.29) is 5.91 Å². The first kappa shape index (κ1) is 13.3. The van der Waals surface area contributed by atoms with E-state index in [2.05, 4.69) is 5.32 Å². The van der Waals surface area contributed by atoms with Crippen LogP contribution in [-0.2, 0) is 6.54 Å². The van der Waals surface area contributed by atoms with Crippen molar-refractivity contribution < 1.29 is 4.79 Å². The molecular formula is C16H18N2O. The number of carbonyl (C=O) groups excluding carboxylic acids is 1. The van der Waals surface area contributed by atoms with Crippen LogP contribution in [0, 0.1) is 13.8 Å². The highest BCUT2D eigenvalue weighted by atomic mass is 16.1. The van der Waals surface area contributed by atoms with Crippen LogP contribution < -0.4 is 11.1 Å². The van der Waals surface area contributed by atoms with Crippen LogP contribution in [-0.4, -0.2) is 5.91 Å². The quantitative estimate of drug-likeness (QED) is 0.884. The summed E-state index contributed by atoms with van der Waals surface area (Å²) in [6.07, 6.45) is 0. The topological polar surface area (TPSA) is 55.1 Å². The van der Waals surface area contributed by atoms with Gasteiger partial charge >= 0.3 is 0 Å². The van der Waals surface area contributed by atoms with Gasteiger partial charge in [-0.3, -0.25) is 4.79 Å². The molecule has 0 aromatic heterocycles. The van der Waals surface area contributed by atoms with Crippen molar-refractivity contribution in [1.29, 1.82) is 0 Å². The summed E-state index contributed by atoms with van der Waals surface area (Å²) in [6, 6.07) is 13.3.